The lowest BCUT2D eigenvalue weighted by molar-refractivity contribution is -0.147. The van der Waals surface area contributed by atoms with Crippen LogP contribution in [0.25, 0.3) is 0 Å². The highest BCUT2D eigenvalue weighted by Crippen LogP contribution is 2.23. The molecule has 0 saturated heterocycles. The summed E-state index contributed by atoms with van der Waals surface area (Å²) < 4.78 is 9.24. The number of carbonyl (C=O) groups is 2. The van der Waals surface area contributed by atoms with E-state index < -0.39 is 17.5 Å². The van der Waals surface area contributed by atoms with Gasteiger partial charge in [-0.2, -0.15) is 0 Å². The van der Waals surface area contributed by atoms with E-state index in [9.17, 15) is 9.59 Å². The summed E-state index contributed by atoms with van der Waals surface area (Å²) in [6.45, 7) is 3.39. The molecule has 0 atom stereocenters. The fourth-order valence-electron chi connectivity index (χ4n) is 0.982. The zero-order valence-electron chi connectivity index (χ0n) is 7.21. The third-order valence-electron chi connectivity index (χ3n) is 1.47. The van der Waals surface area contributed by atoms with Gasteiger partial charge in [0, 0.05) is 0 Å². The summed E-state index contributed by atoms with van der Waals surface area (Å²) in [5.41, 5.74) is -0.719. The topological polar surface area (TPSA) is 52.6 Å². The predicted octanol–water partition coefficient (Wildman–Crippen LogP) is 0.421. The van der Waals surface area contributed by atoms with Gasteiger partial charge in [-0.05, 0) is 19.9 Å². The molecule has 4 nitrogen and oxygen atoms in total. The first-order valence-electron chi connectivity index (χ1n) is 3.51. The van der Waals surface area contributed by atoms with Crippen LogP contribution < -0.4 is 0 Å². The van der Waals surface area contributed by atoms with E-state index in [1.54, 1.807) is 13.8 Å². The van der Waals surface area contributed by atoms with Crippen LogP contribution in [-0.2, 0) is 19.1 Å². The van der Waals surface area contributed by atoms with Crippen molar-refractivity contribution in [3.63, 3.8) is 0 Å². The van der Waals surface area contributed by atoms with E-state index in [4.69, 9.17) is 4.74 Å². The molecule has 1 heterocycles. The van der Waals surface area contributed by atoms with Crippen LogP contribution in [-0.4, -0.2) is 24.6 Å². The highest BCUT2D eigenvalue weighted by Gasteiger charge is 2.35. The Bertz CT molecular complexity index is 262. The lowest BCUT2D eigenvalue weighted by atomic mass is 10.1. The second-order valence-electron chi connectivity index (χ2n) is 3.04. The molecule has 12 heavy (non-hydrogen) atoms. The molecule has 0 N–H and O–H groups in total. The smallest absolute Gasteiger partial charge is 0.346 e. The van der Waals surface area contributed by atoms with Gasteiger partial charge in [0.15, 0.2) is 0 Å². The normalized spacial score (nSPS) is 19.9. The number of carbonyl (C=O) groups excluding carboxylic acids is 2. The maximum absolute atomic E-state index is 11.0. The van der Waals surface area contributed by atoms with Crippen molar-refractivity contribution in [3.8, 4) is 0 Å². The Labute approximate surface area is 70.1 Å². The molecule has 1 rings (SSSR count). The van der Waals surface area contributed by atoms with Crippen LogP contribution in [0, 0.1) is 0 Å². The standard InChI is InChI=1S/C8H10O4/c1-8(2)4-5(6(9)11-3)7(10)12-8/h4H,1-3H3. The van der Waals surface area contributed by atoms with Crippen molar-refractivity contribution >= 4 is 11.9 Å². The van der Waals surface area contributed by atoms with Crippen LogP contribution >= 0.6 is 0 Å². The average Bonchev–Trinajstić information content (AvgIpc) is 2.23. The monoisotopic (exact) mass is 170 g/mol. The van der Waals surface area contributed by atoms with Crippen LogP contribution in [0.3, 0.4) is 0 Å². The summed E-state index contributed by atoms with van der Waals surface area (Å²) in [4.78, 5) is 21.9. The van der Waals surface area contributed by atoms with E-state index in [1.165, 1.54) is 13.2 Å². The van der Waals surface area contributed by atoms with Gasteiger partial charge >= 0.3 is 11.9 Å². The summed E-state index contributed by atoms with van der Waals surface area (Å²) in [7, 11) is 1.22. The van der Waals surface area contributed by atoms with Gasteiger partial charge in [0.1, 0.15) is 11.2 Å². The van der Waals surface area contributed by atoms with E-state index >= 15 is 0 Å². The van der Waals surface area contributed by atoms with Crippen molar-refractivity contribution in [3.05, 3.63) is 11.6 Å². The predicted molar refractivity (Wildman–Crippen MR) is 40.3 cm³/mol. The third kappa shape index (κ3) is 1.47. The number of hydrogen-bond acceptors (Lipinski definition) is 4. The second-order valence-corrected chi connectivity index (χ2v) is 3.04. The fourth-order valence-corrected chi connectivity index (χ4v) is 0.982. The highest BCUT2D eigenvalue weighted by molar-refractivity contribution is 6.15. The minimum absolute atomic E-state index is 0.0255. The molecule has 0 bridgehead atoms. The van der Waals surface area contributed by atoms with Crippen molar-refractivity contribution in [2.24, 2.45) is 0 Å². The Kier molecular flexibility index (Phi) is 1.92. The van der Waals surface area contributed by atoms with Gasteiger partial charge < -0.3 is 9.47 Å². The van der Waals surface area contributed by atoms with E-state index in [0.717, 1.165) is 0 Å². The van der Waals surface area contributed by atoms with E-state index in [2.05, 4.69) is 4.74 Å². The molecule has 0 aromatic rings. The number of cyclic esters (lactones) is 1. The molecule has 0 spiro atoms. The Morgan fingerprint density at radius 3 is 2.50 bits per heavy atom. The fraction of sp³-hybridized carbons (Fsp3) is 0.500. The van der Waals surface area contributed by atoms with Crippen molar-refractivity contribution in [1.82, 2.24) is 0 Å². The maximum Gasteiger partial charge on any atom is 0.346 e. The van der Waals surface area contributed by atoms with Crippen molar-refractivity contribution in [2.75, 3.05) is 7.11 Å². The third-order valence-corrected chi connectivity index (χ3v) is 1.47. The summed E-state index contributed by atoms with van der Waals surface area (Å²) in [5.74, 6) is -1.27. The van der Waals surface area contributed by atoms with E-state index in [1.807, 2.05) is 0 Å². The Balaban J connectivity index is 2.91. The molecule has 4 heteroatoms. The first-order valence-corrected chi connectivity index (χ1v) is 3.51. The van der Waals surface area contributed by atoms with Crippen LogP contribution in [0.15, 0.2) is 11.6 Å². The van der Waals surface area contributed by atoms with Gasteiger partial charge in [-0.25, -0.2) is 9.59 Å². The number of ether oxygens (including phenoxy) is 2. The van der Waals surface area contributed by atoms with Crippen molar-refractivity contribution in [1.29, 1.82) is 0 Å². The largest absolute Gasteiger partial charge is 0.465 e. The van der Waals surface area contributed by atoms with Crippen LogP contribution in [0.5, 0.6) is 0 Å². The van der Waals surface area contributed by atoms with Gasteiger partial charge in [0.2, 0.25) is 0 Å². The Morgan fingerprint density at radius 2 is 2.17 bits per heavy atom. The lowest BCUT2D eigenvalue weighted by Gasteiger charge is -2.12. The van der Waals surface area contributed by atoms with Gasteiger partial charge in [-0.1, -0.05) is 0 Å². The minimum Gasteiger partial charge on any atom is -0.465 e. The minimum atomic E-state index is -0.694. The summed E-state index contributed by atoms with van der Waals surface area (Å²) in [6, 6.07) is 0. The van der Waals surface area contributed by atoms with Crippen molar-refractivity contribution < 1.29 is 19.1 Å². The lowest BCUT2D eigenvalue weighted by Crippen LogP contribution is -2.18. The first kappa shape index (κ1) is 8.77. The Morgan fingerprint density at radius 1 is 1.58 bits per heavy atom. The molecule has 1 aliphatic heterocycles. The number of hydrogen-bond donors (Lipinski definition) is 0. The Hall–Kier alpha value is -1.32. The van der Waals surface area contributed by atoms with Crippen molar-refractivity contribution in [2.45, 2.75) is 19.4 Å². The van der Waals surface area contributed by atoms with Gasteiger partial charge in [0.25, 0.3) is 0 Å². The summed E-state index contributed by atoms with van der Waals surface area (Å²) >= 11 is 0. The summed E-state index contributed by atoms with van der Waals surface area (Å²) in [5, 5.41) is 0. The van der Waals surface area contributed by atoms with Gasteiger partial charge in [-0.3, -0.25) is 0 Å². The van der Waals surface area contributed by atoms with Crippen LogP contribution in [0.1, 0.15) is 13.8 Å². The quantitative estimate of drug-likeness (QED) is 0.422. The van der Waals surface area contributed by atoms with Gasteiger partial charge in [0.05, 0.1) is 7.11 Å². The average molecular weight is 170 g/mol. The molecule has 0 saturated carbocycles. The molecule has 0 radical (unpaired) electrons. The molecule has 0 unspecified atom stereocenters. The summed E-state index contributed by atoms with van der Waals surface area (Å²) in [6.07, 6.45) is 1.46. The SMILES string of the molecule is COC(=O)C1=CC(C)(C)OC1=O. The highest BCUT2D eigenvalue weighted by atomic mass is 16.6. The molecule has 66 valence electrons. The molecule has 0 fully saturated rings. The van der Waals surface area contributed by atoms with E-state index in [-0.39, 0.29) is 5.57 Å². The molecule has 0 aromatic carbocycles. The molecule has 0 aliphatic carbocycles. The first-order chi connectivity index (χ1) is 5.46. The van der Waals surface area contributed by atoms with E-state index in [0.29, 0.717) is 0 Å². The number of rotatable bonds is 1. The van der Waals surface area contributed by atoms with Crippen LogP contribution in [0.4, 0.5) is 0 Å². The number of esters is 2. The zero-order valence-corrected chi connectivity index (χ0v) is 7.21. The van der Waals surface area contributed by atoms with Gasteiger partial charge in [-0.15, -0.1) is 0 Å². The number of methoxy groups -OCH3 is 1. The second kappa shape index (κ2) is 2.62. The molecule has 1 aliphatic rings. The molecule has 0 aromatic heterocycles. The maximum atomic E-state index is 11.0. The molecule has 0 amide bonds. The molecular formula is C8H10O4. The zero-order chi connectivity index (χ0) is 9.35. The van der Waals surface area contributed by atoms with Crippen LogP contribution in [0.2, 0.25) is 0 Å². The molecular weight excluding hydrogens is 160 g/mol.